The molecule has 2 heterocycles. The Kier molecular flexibility index (Phi) is 1.78. The van der Waals surface area contributed by atoms with Gasteiger partial charge in [0, 0.05) is 10.5 Å². The van der Waals surface area contributed by atoms with Gasteiger partial charge in [-0.2, -0.15) is 13.2 Å². The molecule has 4 atom stereocenters. The molecule has 1 nitrogen and oxygen atoms in total. The van der Waals surface area contributed by atoms with E-state index in [0.717, 1.165) is 0 Å². The third-order valence-corrected chi connectivity index (χ3v) is 5.51. The number of hydrogen-bond acceptors (Lipinski definition) is 3. The summed E-state index contributed by atoms with van der Waals surface area (Å²) in [7, 11) is 0. The van der Waals surface area contributed by atoms with Gasteiger partial charge in [0.1, 0.15) is 11.5 Å². The van der Waals surface area contributed by atoms with Gasteiger partial charge in [-0.15, -0.1) is 23.5 Å². The average molecular weight is 240 g/mol. The van der Waals surface area contributed by atoms with Crippen molar-refractivity contribution in [2.24, 2.45) is 0 Å². The second kappa shape index (κ2) is 2.65. The smallest absolute Gasteiger partial charge is 0.350 e. The zero-order valence-corrected chi connectivity index (χ0v) is 8.59. The molecule has 0 saturated carbocycles. The van der Waals surface area contributed by atoms with Crippen molar-refractivity contribution >= 4 is 23.5 Å². The average Bonchev–Trinajstić information content (AvgIpc) is 2.93. The molecular formula is C8H7F3OS2. The summed E-state index contributed by atoms with van der Waals surface area (Å²) in [4.78, 5) is -0.639. The molecule has 0 bridgehead atoms. The van der Waals surface area contributed by atoms with Crippen LogP contribution in [0.15, 0.2) is 12.2 Å². The Morgan fingerprint density at radius 2 is 2.21 bits per heavy atom. The van der Waals surface area contributed by atoms with Gasteiger partial charge >= 0.3 is 6.18 Å². The molecule has 0 spiro atoms. The number of hydrogen-bond donors (Lipinski definition) is 0. The molecule has 0 radical (unpaired) electrons. The minimum absolute atomic E-state index is 0.254. The predicted molar refractivity (Wildman–Crippen MR) is 50.4 cm³/mol. The van der Waals surface area contributed by atoms with Crippen LogP contribution in [0.3, 0.4) is 0 Å². The number of fused-ring (bicyclic) bond motifs is 3. The van der Waals surface area contributed by atoms with Crippen LogP contribution in [0.1, 0.15) is 0 Å². The SMILES string of the molecule is FC(F)(F)COC12C=CC3SC3C1S2. The molecule has 2 aliphatic heterocycles. The number of rotatable bonds is 2. The first-order valence-corrected chi connectivity index (χ1v) is 6.06. The maximum Gasteiger partial charge on any atom is 0.411 e. The lowest BCUT2D eigenvalue weighted by molar-refractivity contribution is -0.181. The van der Waals surface area contributed by atoms with E-state index in [2.05, 4.69) is 0 Å². The second-order valence-corrected chi connectivity index (χ2v) is 6.33. The quantitative estimate of drug-likeness (QED) is 0.542. The van der Waals surface area contributed by atoms with E-state index in [-0.39, 0.29) is 5.25 Å². The minimum atomic E-state index is -4.22. The van der Waals surface area contributed by atoms with Crippen LogP contribution in [0.5, 0.6) is 0 Å². The fraction of sp³-hybridized carbons (Fsp3) is 0.750. The Labute approximate surface area is 87.4 Å². The highest BCUT2D eigenvalue weighted by molar-refractivity contribution is 8.13. The summed E-state index contributed by atoms with van der Waals surface area (Å²) in [5, 5.41) is 1.29. The third kappa shape index (κ3) is 1.47. The van der Waals surface area contributed by atoms with Crippen molar-refractivity contribution in [3.05, 3.63) is 12.2 Å². The normalized spacial score (nSPS) is 48.4. The van der Waals surface area contributed by atoms with Crippen LogP contribution in [-0.2, 0) is 4.74 Å². The molecule has 14 heavy (non-hydrogen) atoms. The first-order chi connectivity index (χ1) is 6.50. The molecule has 6 heteroatoms. The highest BCUT2D eigenvalue weighted by Gasteiger charge is 2.68. The van der Waals surface area contributed by atoms with E-state index >= 15 is 0 Å². The standard InChI is InChI=1S/C8H7F3OS2/c9-8(10,11)3-12-7-2-1-4-5(13-4)6(7)14-7/h1-2,4-6H,3H2. The van der Waals surface area contributed by atoms with Gasteiger partial charge in [0.25, 0.3) is 0 Å². The molecule has 3 rings (SSSR count). The van der Waals surface area contributed by atoms with Gasteiger partial charge in [-0.05, 0) is 6.08 Å². The maximum absolute atomic E-state index is 11.9. The van der Waals surface area contributed by atoms with Gasteiger partial charge in [0.05, 0.1) is 5.25 Å². The van der Waals surface area contributed by atoms with Gasteiger partial charge in [-0.25, -0.2) is 0 Å². The van der Waals surface area contributed by atoms with Gasteiger partial charge in [-0.3, -0.25) is 0 Å². The van der Waals surface area contributed by atoms with E-state index in [9.17, 15) is 13.2 Å². The lowest BCUT2D eigenvalue weighted by atomic mass is 10.1. The van der Waals surface area contributed by atoms with Crippen LogP contribution in [-0.4, -0.2) is 33.5 Å². The number of alkyl halides is 3. The van der Waals surface area contributed by atoms with Crippen LogP contribution in [0.25, 0.3) is 0 Å². The number of halogens is 3. The Hall–Kier alpha value is 0.190. The molecule has 0 N–H and O–H groups in total. The summed E-state index contributed by atoms with van der Waals surface area (Å²) in [6.07, 6.45) is -0.443. The van der Waals surface area contributed by atoms with Gasteiger partial charge < -0.3 is 4.74 Å². The summed E-state index contributed by atoms with van der Waals surface area (Å²) >= 11 is 3.32. The van der Waals surface area contributed by atoms with Crippen LogP contribution < -0.4 is 0 Å². The number of thioether (sulfide) groups is 2. The Balaban J connectivity index is 1.64. The first kappa shape index (κ1) is 9.42. The van der Waals surface area contributed by atoms with Crippen LogP contribution in [0, 0.1) is 0 Å². The lowest BCUT2D eigenvalue weighted by Crippen LogP contribution is -2.28. The van der Waals surface area contributed by atoms with Crippen LogP contribution >= 0.6 is 23.5 Å². The molecule has 4 unspecified atom stereocenters. The maximum atomic E-state index is 11.9. The van der Waals surface area contributed by atoms with E-state index in [0.29, 0.717) is 10.5 Å². The molecule has 0 amide bonds. The van der Waals surface area contributed by atoms with Gasteiger partial charge in [0.2, 0.25) is 0 Å². The fourth-order valence-electron chi connectivity index (χ4n) is 1.72. The predicted octanol–water partition coefficient (Wildman–Crippen LogP) is 2.43. The van der Waals surface area contributed by atoms with Gasteiger partial charge in [0.15, 0.2) is 0 Å². The van der Waals surface area contributed by atoms with E-state index in [1.807, 2.05) is 17.8 Å². The topological polar surface area (TPSA) is 9.23 Å². The Morgan fingerprint density at radius 1 is 1.43 bits per heavy atom. The third-order valence-electron chi connectivity index (χ3n) is 2.49. The molecule has 78 valence electrons. The summed E-state index contributed by atoms with van der Waals surface area (Å²) in [6, 6.07) is 0. The summed E-state index contributed by atoms with van der Waals surface area (Å²) in [6.45, 7) is -1.14. The van der Waals surface area contributed by atoms with E-state index in [1.54, 1.807) is 6.08 Å². The Morgan fingerprint density at radius 3 is 2.93 bits per heavy atom. The van der Waals surface area contributed by atoms with Crippen molar-refractivity contribution in [2.75, 3.05) is 6.61 Å². The highest BCUT2D eigenvalue weighted by atomic mass is 32.2. The van der Waals surface area contributed by atoms with E-state index in [1.165, 1.54) is 11.8 Å². The molecule has 3 aliphatic rings. The zero-order valence-electron chi connectivity index (χ0n) is 6.95. The van der Waals surface area contributed by atoms with Crippen molar-refractivity contribution < 1.29 is 17.9 Å². The second-order valence-electron chi connectivity index (χ2n) is 3.59. The Bertz CT molecular complexity index is 303. The van der Waals surface area contributed by atoms with Gasteiger partial charge in [-0.1, -0.05) is 6.08 Å². The minimum Gasteiger partial charge on any atom is -0.350 e. The van der Waals surface area contributed by atoms with Crippen molar-refractivity contribution in [1.82, 2.24) is 0 Å². The lowest BCUT2D eigenvalue weighted by Gasteiger charge is -2.15. The van der Waals surface area contributed by atoms with E-state index < -0.39 is 17.7 Å². The summed E-state index contributed by atoms with van der Waals surface area (Å²) in [5.41, 5.74) is 0. The largest absolute Gasteiger partial charge is 0.411 e. The molecule has 2 fully saturated rings. The fourth-order valence-corrected chi connectivity index (χ4v) is 4.51. The van der Waals surface area contributed by atoms with Crippen molar-refractivity contribution in [3.8, 4) is 0 Å². The summed E-state index contributed by atoms with van der Waals surface area (Å²) < 4.78 is 40.8. The number of ether oxygens (including phenoxy) is 1. The van der Waals surface area contributed by atoms with Crippen molar-refractivity contribution in [2.45, 2.75) is 26.9 Å². The van der Waals surface area contributed by atoms with Crippen molar-refractivity contribution in [1.29, 1.82) is 0 Å². The van der Waals surface area contributed by atoms with Crippen LogP contribution in [0.4, 0.5) is 13.2 Å². The molecule has 0 aromatic carbocycles. The molecular weight excluding hydrogens is 233 g/mol. The molecule has 0 aromatic rings. The van der Waals surface area contributed by atoms with Crippen molar-refractivity contribution in [3.63, 3.8) is 0 Å². The van der Waals surface area contributed by atoms with E-state index in [4.69, 9.17) is 4.74 Å². The zero-order chi connectivity index (χ0) is 9.97. The molecule has 0 aromatic heterocycles. The monoisotopic (exact) mass is 240 g/mol. The first-order valence-electron chi connectivity index (χ1n) is 4.24. The van der Waals surface area contributed by atoms with Crippen LogP contribution in [0.2, 0.25) is 0 Å². The summed E-state index contributed by atoms with van der Waals surface area (Å²) in [5.74, 6) is 0. The highest BCUT2D eigenvalue weighted by Crippen LogP contribution is 2.69. The molecule has 1 aliphatic carbocycles. The molecule has 2 saturated heterocycles.